The first-order valence-corrected chi connectivity index (χ1v) is 6.65. The summed E-state index contributed by atoms with van der Waals surface area (Å²) in [5, 5.41) is 1.53. The molecule has 0 bridgehead atoms. The lowest BCUT2D eigenvalue weighted by Crippen LogP contribution is -1.71. The molecule has 2 heterocycles. The van der Waals surface area contributed by atoms with Gasteiger partial charge in [-0.1, -0.05) is 0 Å². The Morgan fingerprint density at radius 3 is 1.75 bits per heavy atom. The summed E-state index contributed by atoms with van der Waals surface area (Å²) in [6, 6.07) is 0. The fourth-order valence-electron chi connectivity index (χ4n) is 0.470. The van der Waals surface area contributed by atoms with Crippen molar-refractivity contribution >= 4 is 44.7 Å². The van der Waals surface area contributed by atoms with Gasteiger partial charge in [0.25, 0.3) is 0 Å². The normalized spacial score (nSPS) is 10.3. The smallest absolute Gasteiger partial charge is 0.211 e. The Balaban J connectivity index is 1.91. The fraction of sp³-hybridized carbons (Fsp3) is 0. The van der Waals surface area contributed by atoms with Crippen molar-refractivity contribution in [3.8, 4) is 0 Å². The van der Waals surface area contributed by atoms with E-state index in [9.17, 15) is 0 Å². The van der Waals surface area contributed by atoms with Gasteiger partial charge in [0.15, 0.2) is 0 Å². The quantitative estimate of drug-likeness (QED) is 0.759. The van der Waals surface area contributed by atoms with Crippen molar-refractivity contribution in [2.45, 2.75) is 10.3 Å². The molecular formula is C4H2N4S4. The first kappa shape index (κ1) is 8.42. The van der Waals surface area contributed by atoms with Crippen LogP contribution in [0.2, 0.25) is 0 Å². The number of rotatable bonds is 3. The van der Waals surface area contributed by atoms with E-state index in [1.165, 1.54) is 44.7 Å². The van der Waals surface area contributed by atoms with Gasteiger partial charge in [-0.3, -0.25) is 0 Å². The minimum atomic E-state index is 0.764. The summed E-state index contributed by atoms with van der Waals surface area (Å²) in [5.74, 6) is 0. The van der Waals surface area contributed by atoms with E-state index in [1.54, 1.807) is 11.0 Å². The van der Waals surface area contributed by atoms with Crippen molar-refractivity contribution in [3.05, 3.63) is 11.0 Å². The number of aromatic nitrogens is 4. The number of nitrogens with zero attached hydrogens (tertiary/aromatic N) is 4. The molecule has 0 aromatic carbocycles. The van der Waals surface area contributed by atoms with Crippen LogP contribution in [0.3, 0.4) is 0 Å². The van der Waals surface area contributed by atoms with Crippen molar-refractivity contribution in [1.29, 1.82) is 0 Å². The van der Waals surface area contributed by atoms with Crippen LogP contribution in [-0.4, -0.2) is 18.7 Å². The SMILES string of the molecule is c1nc(SSc2ncsn2)ns1. The average molecular weight is 234 g/mol. The summed E-state index contributed by atoms with van der Waals surface area (Å²) in [5.41, 5.74) is 3.41. The Bertz CT molecular complexity index is 282. The van der Waals surface area contributed by atoms with Crippen LogP contribution in [0.5, 0.6) is 0 Å². The Kier molecular flexibility index (Phi) is 2.93. The van der Waals surface area contributed by atoms with Crippen LogP contribution in [0.15, 0.2) is 21.3 Å². The Hall–Kier alpha value is -0.180. The summed E-state index contributed by atoms with van der Waals surface area (Å²) in [7, 11) is 2.94. The van der Waals surface area contributed by atoms with Crippen molar-refractivity contribution in [3.63, 3.8) is 0 Å². The number of hydrogen-bond donors (Lipinski definition) is 0. The van der Waals surface area contributed by atoms with Crippen LogP contribution in [0.25, 0.3) is 0 Å². The second-order valence-corrected chi connectivity index (χ2v) is 4.87. The molecule has 4 nitrogen and oxygen atoms in total. The first-order valence-electron chi connectivity index (χ1n) is 2.82. The van der Waals surface area contributed by atoms with E-state index in [4.69, 9.17) is 0 Å². The molecular weight excluding hydrogens is 232 g/mol. The van der Waals surface area contributed by atoms with E-state index in [0.29, 0.717) is 0 Å². The van der Waals surface area contributed by atoms with E-state index in [2.05, 4.69) is 18.7 Å². The van der Waals surface area contributed by atoms with Gasteiger partial charge in [0.1, 0.15) is 11.0 Å². The molecule has 12 heavy (non-hydrogen) atoms. The fourth-order valence-corrected chi connectivity index (χ4v) is 3.36. The zero-order chi connectivity index (χ0) is 8.23. The standard InChI is InChI=1S/C4H2N4S4/c1-5-3(7-9-1)11-12-4-6-2-10-8-4/h1-2H. The van der Waals surface area contributed by atoms with E-state index in [1.807, 2.05) is 0 Å². The van der Waals surface area contributed by atoms with Crippen LogP contribution in [0.1, 0.15) is 0 Å². The molecule has 0 spiro atoms. The van der Waals surface area contributed by atoms with E-state index in [-0.39, 0.29) is 0 Å². The van der Waals surface area contributed by atoms with Gasteiger partial charge < -0.3 is 0 Å². The van der Waals surface area contributed by atoms with E-state index in [0.717, 1.165) is 10.3 Å². The van der Waals surface area contributed by atoms with Gasteiger partial charge in [-0.2, -0.15) is 8.75 Å². The van der Waals surface area contributed by atoms with Crippen LogP contribution < -0.4 is 0 Å². The maximum atomic E-state index is 4.04. The molecule has 0 saturated carbocycles. The third-order valence-corrected chi connectivity index (χ3v) is 3.98. The highest BCUT2D eigenvalue weighted by Gasteiger charge is 2.02. The lowest BCUT2D eigenvalue weighted by molar-refractivity contribution is 1.08. The minimum absolute atomic E-state index is 0.764. The topological polar surface area (TPSA) is 51.6 Å². The highest BCUT2D eigenvalue weighted by atomic mass is 33.1. The summed E-state index contributed by atoms with van der Waals surface area (Å²) < 4.78 is 8.07. The van der Waals surface area contributed by atoms with Gasteiger partial charge in [-0.05, 0) is 44.7 Å². The molecule has 62 valence electrons. The molecule has 0 aliphatic carbocycles. The zero-order valence-corrected chi connectivity index (χ0v) is 8.84. The number of hydrogen-bond acceptors (Lipinski definition) is 8. The van der Waals surface area contributed by atoms with Crippen LogP contribution in [-0.2, 0) is 0 Å². The van der Waals surface area contributed by atoms with Crippen LogP contribution >= 0.6 is 44.7 Å². The summed E-state index contributed by atoms with van der Waals surface area (Å²) in [6.07, 6.45) is 0. The zero-order valence-electron chi connectivity index (χ0n) is 5.58. The molecule has 0 atom stereocenters. The van der Waals surface area contributed by atoms with Gasteiger partial charge in [-0.25, -0.2) is 9.97 Å². The van der Waals surface area contributed by atoms with Gasteiger partial charge in [0.2, 0.25) is 10.3 Å². The van der Waals surface area contributed by atoms with Crippen molar-refractivity contribution in [2.24, 2.45) is 0 Å². The van der Waals surface area contributed by atoms with Crippen LogP contribution in [0.4, 0.5) is 0 Å². The molecule has 0 aliphatic heterocycles. The molecule has 0 amide bonds. The highest BCUT2D eigenvalue weighted by molar-refractivity contribution is 8.76. The predicted molar refractivity (Wildman–Crippen MR) is 51.5 cm³/mol. The molecule has 0 saturated heterocycles. The summed E-state index contributed by atoms with van der Waals surface area (Å²) >= 11 is 2.69. The van der Waals surface area contributed by atoms with Gasteiger partial charge in [0, 0.05) is 0 Å². The predicted octanol–water partition coefficient (Wildman–Crippen LogP) is 2.19. The molecule has 0 radical (unpaired) electrons. The molecule has 0 fully saturated rings. The van der Waals surface area contributed by atoms with Crippen molar-refractivity contribution < 1.29 is 0 Å². The lowest BCUT2D eigenvalue weighted by atomic mass is 11.3. The van der Waals surface area contributed by atoms with Gasteiger partial charge in [0.05, 0.1) is 0 Å². The maximum absolute atomic E-state index is 4.04. The first-order chi connectivity index (χ1) is 5.95. The Morgan fingerprint density at radius 2 is 1.42 bits per heavy atom. The third-order valence-electron chi connectivity index (χ3n) is 0.873. The largest absolute Gasteiger partial charge is 0.217 e. The van der Waals surface area contributed by atoms with E-state index < -0.39 is 0 Å². The Labute approximate surface area is 84.6 Å². The van der Waals surface area contributed by atoms with E-state index >= 15 is 0 Å². The molecule has 2 aromatic heterocycles. The Morgan fingerprint density at radius 1 is 0.917 bits per heavy atom. The molecule has 0 unspecified atom stereocenters. The van der Waals surface area contributed by atoms with Crippen molar-refractivity contribution in [2.75, 3.05) is 0 Å². The molecule has 0 aliphatic rings. The third kappa shape index (κ3) is 2.16. The van der Waals surface area contributed by atoms with Gasteiger partial charge in [-0.15, -0.1) is 0 Å². The second kappa shape index (κ2) is 4.17. The molecule has 0 N–H and O–H groups in total. The lowest BCUT2D eigenvalue weighted by Gasteiger charge is -1.87. The van der Waals surface area contributed by atoms with Gasteiger partial charge >= 0.3 is 0 Å². The minimum Gasteiger partial charge on any atom is -0.217 e. The maximum Gasteiger partial charge on any atom is 0.211 e. The summed E-state index contributed by atoms with van der Waals surface area (Å²) in [4.78, 5) is 8.03. The second-order valence-electron chi connectivity index (χ2n) is 1.59. The van der Waals surface area contributed by atoms with Crippen molar-refractivity contribution in [1.82, 2.24) is 18.7 Å². The molecule has 2 rings (SSSR count). The van der Waals surface area contributed by atoms with Crippen LogP contribution in [0, 0.1) is 0 Å². The molecule has 2 aromatic rings. The molecule has 8 heteroatoms. The average Bonchev–Trinajstić information content (AvgIpc) is 2.74. The monoisotopic (exact) mass is 234 g/mol. The summed E-state index contributed by atoms with van der Waals surface area (Å²) in [6.45, 7) is 0. The highest BCUT2D eigenvalue weighted by Crippen LogP contribution is 2.33.